The molecule has 3 rings (SSSR count). The van der Waals surface area contributed by atoms with Gasteiger partial charge >= 0.3 is 0 Å². The van der Waals surface area contributed by atoms with Crippen molar-refractivity contribution >= 4 is 0 Å². The lowest BCUT2D eigenvalue weighted by atomic mass is 9.97. The van der Waals surface area contributed by atoms with Crippen LogP contribution in [0.1, 0.15) is 37.7 Å². The summed E-state index contributed by atoms with van der Waals surface area (Å²) in [7, 11) is 1.76. The fraction of sp³-hybridized carbons (Fsp3) is 0.526. The lowest BCUT2D eigenvalue weighted by Gasteiger charge is -2.35. The van der Waals surface area contributed by atoms with Gasteiger partial charge in [0, 0.05) is 38.1 Å². The Labute approximate surface area is 143 Å². The van der Waals surface area contributed by atoms with E-state index in [1.807, 2.05) is 18.5 Å². The van der Waals surface area contributed by atoms with Crippen molar-refractivity contribution in [3.05, 3.63) is 48.0 Å². The normalized spacial score (nSPS) is 18.8. The van der Waals surface area contributed by atoms with Crippen LogP contribution in [0, 0.1) is 5.82 Å². The molecule has 1 atom stereocenters. The summed E-state index contributed by atoms with van der Waals surface area (Å²) in [6, 6.07) is 7.36. The number of rotatable bonds is 7. The molecule has 1 fully saturated rings. The minimum atomic E-state index is -0.248. The van der Waals surface area contributed by atoms with Crippen molar-refractivity contribution in [2.45, 2.75) is 44.7 Å². The predicted molar refractivity (Wildman–Crippen MR) is 92.7 cm³/mol. The second-order valence-electron chi connectivity index (χ2n) is 6.50. The second kappa shape index (κ2) is 8.40. The second-order valence-corrected chi connectivity index (χ2v) is 6.50. The van der Waals surface area contributed by atoms with Crippen molar-refractivity contribution in [3.63, 3.8) is 0 Å². The van der Waals surface area contributed by atoms with Crippen LogP contribution in [0.15, 0.2) is 36.7 Å². The van der Waals surface area contributed by atoms with Crippen LogP contribution in [0.25, 0.3) is 5.69 Å². The number of hydrogen-bond acceptors (Lipinski definition) is 3. The topological polar surface area (TPSA) is 30.3 Å². The monoisotopic (exact) mass is 331 g/mol. The zero-order chi connectivity index (χ0) is 16.8. The molecule has 1 saturated heterocycles. The molecule has 0 N–H and O–H groups in total. The standard InChI is InChI=1S/C19H26FN3O/c1-24-12-6-8-17-7-4-5-11-22(17)14-16-13-21-23(15-16)19-10-3-2-9-18(19)20/h2-3,9-10,13,15,17H,4-8,11-12,14H2,1H3/t17-/m1/s1. The number of hydrogen-bond donors (Lipinski definition) is 0. The molecule has 0 unspecified atom stereocenters. The third kappa shape index (κ3) is 4.22. The van der Waals surface area contributed by atoms with Crippen LogP contribution in [0.5, 0.6) is 0 Å². The van der Waals surface area contributed by atoms with E-state index in [0.29, 0.717) is 11.7 Å². The van der Waals surface area contributed by atoms with Gasteiger partial charge in [-0.05, 0) is 44.4 Å². The summed E-state index contributed by atoms with van der Waals surface area (Å²) in [5, 5.41) is 4.34. The Hall–Kier alpha value is -1.72. The fourth-order valence-electron chi connectivity index (χ4n) is 3.50. The van der Waals surface area contributed by atoms with Crippen LogP contribution in [0.4, 0.5) is 4.39 Å². The van der Waals surface area contributed by atoms with E-state index in [1.165, 1.54) is 31.7 Å². The minimum absolute atomic E-state index is 0.248. The number of para-hydroxylation sites is 1. The molecule has 5 heteroatoms. The molecule has 2 aromatic rings. The number of methoxy groups -OCH3 is 1. The predicted octanol–water partition coefficient (Wildman–Crippen LogP) is 3.79. The summed E-state index contributed by atoms with van der Waals surface area (Å²) in [4.78, 5) is 2.54. The largest absolute Gasteiger partial charge is 0.385 e. The lowest BCUT2D eigenvalue weighted by Crippen LogP contribution is -2.38. The maximum Gasteiger partial charge on any atom is 0.148 e. The summed E-state index contributed by atoms with van der Waals surface area (Å²) in [5.74, 6) is -0.248. The van der Waals surface area contributed by atoms with E-state index >= 15 is 0 Å². The first-order chi connectivity index (χ1) is 11.8. The Morgan fingerprint density at radius 2 is 2.17 bits per heavy atom. The molecule has 0 amide bonds. The Morgan fingerprint density at radius 1 is 1.29 bits per heavy atom. The van der Waals surface area contributed by atoms with E-state index in [0.717, 1.165) is 31.7 Å². The van der Waals surface area contributed by atoms with Gasteiger partial charge in [0.2, 0.25) is 0 Å². The SMILES string of the molecule is COCCC[C@H]1CCCCN1Cc1cnn(-c2ccccc2F)c1. The molecule has 0 saturated carbocycles. The number of aromatic nitrogens is 2. The van der Waals surface area contributed by atoms with Crippen molar-refractivity contribution in [2.24, 2.45) is 0 Å². The number of piperidine rings is 1. The average Bonchev–Trinajstić information content (AvgIpc) is 3.05. The highest BCUT2D eigenvalue weighted by molar-refractivity contribution is 5.32. The maximum absolute atomic E-state index is 13.9. The van der Waals surface area contributed by atoms with Gasteiger partial charge in [0.1, 0.15) is 11.5 Å². The van der Waals surface area contributed by atoms with Gasteiger partial charge in [-0.1, -0.05) is 18.6 Å². The third-order valence-corrected chi connectivity index (χ3v) is 4.76. The molecule has 2 heterocycles. The summed E-state index contributed by atoms with van der Waals surface area (Å²) >= 11 is 0. The highest BCUT2D eigenvalue weighted by Crippen LogP contribution is 2.23. The molecule has 130 valence electrons. The molecule has 0 spiro atoms. The van der Waals surface area contributed by atoms with Gasteiger partial charge < -0.3 is 4.74 Å². The molecular weight excluding hydrogens is 305 g/mol. The summed E-state index contributed by atoms with van der Waals surface area (Å²) < 4.78 is 20.7. The molecule has 1 aliphatic rings. The van der Waals surface area contributed by atoms with Crippen molar-refractivity contribution in [1.29, 1.82) is 0 Å². The highest BCUT2D eigenvalue weighted by Gasteiger charge is 2.22. The van der Waals surface area contributed by atoms with E-state index in [1.54, 1.807) is 23.9 Å². The van der Waals surface area contributed by atoms with E-state index in [9.17, 15) is 4.39 Å². The van der Waals surface area contributed by atoms with E-state index in [4.69, 9.17) is 4.74 Å². The number of benzene rings is 1. The molecule has 0 bridgehead atoms. The van der Waals surface area contributed by atoms with Crippen LogP contribution in [-0.2, 0) is 11.3 Å². The minimum Gasteiger partial charge on any atom is -0.385 e. The molecule has 4 nitrogen and oxygen atoms in total. The first-order valence-electron chi connectivity index (χ1n) is 8.79. The van der Waals surface area contributed by atoms with Gasteiger partial charge in [0.25, 0.3) is 0 Å². The number of likely N-dealkylation sites (tertiary alicyclic amines) is 1. The van der Waals surface area contributed by atoms with Gasteiger partial charge in [-0.2, -0.15) is 5.10 Å². The Balaban J connectivity index is 1.65. The van der Waals surface area contributed by atoms with Gasteiger partial charge in [-0.25, -0.2) is 9.07 Å². The summed E-state index contributed by atoms with van der Waals surface area (Å²) in [6.45, 7) is 2.84. The van der Waals surface area contributed by atoms with Gasteiger partial charge in [-0.15, -0.1) is 0 Å². The number of nitrogens with zero attached hydrogens (tertiary/aromatic N) is 3. The smallest absolute Gasteiger partial charge is 0.148 e. The van der Waals surface area contributed by atoms with Gasteiger partial charge in [0.05, 0.1) is 6.20 Å². The molecule has 0 radical (unpaired) electrons. The quantitative estimate of drug-likeness (QED) is 0.723. The van der Waals surface area contributed by atoms with Gasteiger partial charge in [-0.3, -0.25) is 4.90 Å². The van der Waals surface area contributed by atoms with Crippen LogP contribution >= 0.6 is 0 Å². The maximum atomic E-state index is 13.9. The lowest BCUT2D eigenvalue weighted by molar-refractivity contribution is 0.116. The fourth-order valence-corrected chi connectivity index (χ4v) is 3.50. The van der Waals surface area contributed by atoms with E-state index in [-0.39, 0.29) is 5.82 Å². The zero-order valence-electron chi connectivity index (χ0n) is 14.3. The van der Waals surface area contributed by atoms with Gasteiger partial charge in [0.15, 0.2) is 0 Å². The van der Waals surface area contributed by atoms with Crippen LogP contribution in [-0.4, -0.2) is 41.0 Å². The van der Waals surface area contributed by atoms with E-state index < -0.39 is 0 Å². The zero-order valence-corrected chi connectivity index (χ0v) is 14.3. The third-order valence-electron chi connectivity index (χ3n) is 4.76. The van der Waals surface area contributed by atoms with Crippen molar-refractivity contribution in [1.82, 2.24) is 14.7 Å². The van der Waals surface area contributed by atoms with E-state index in [2.05, 4.69) is 10.00 Å². The summed E-state index contributed by atoms with van der Waals surface area (Å²) in [5.41, 5.74) is 1.64. The molecule has 0 aliphatic carbocycles. The summed E-state index contributed by atoms with van der Waals surface area (Å²) in [6.07, 6.45) is 9.89. The molecule has 24 heavy (non-hydrogen) atoms. The Kier molecular flexibility index (Phi) is 5.99. The van der Waals surface area contributed by atoms with Crippen molar-refractivity contribution in [3.8, 4) is 5.69 Å². The molecule has 1 aliphatic heterocycles. The number of ether oxygens (including phenoxy) is 1. The van der Waals surface area contributed by atoms with Crippen molar-refractivity contribution in [2.75, 3.05) is 20.3 Å². The Morgan fingerprint density at radius 3 is 3.00 bits per heavy atom. The molecule has 1 aromatic heterocycles. The van der Waals surface area contributed by atoms with Crippen LogP contribution < -0.4 is 0 Å². The molecular formula is C19H26FN3O. The number of halogens is 1. The highest BCUT2D eigenvalue weighted by atomic mass is 19.1. The van der Waals surface area contributed by atoms with Crippen molar-refractivity contribution < 1.29 is 9.13 Å². The Bertz CT molecular complexity index is 643. The average molecular weight is 331 g/mol. The van der Waals surface area contributed by atoms with Crippen LogP contribution in [0.2, 0.25) is 0 Å². The first-order valence-corrected chi connectivity index (χ1v) is 8.79. The first kappa shape index (κ1) is 17.1. The van der Waals surface area contributed by atoms with Crippen LogP contribution in [0.3, 0.4) is 0 Å². The molecule has 1 aromatic carbocycles.